The number of rotatable bonds is 4. The van der Waals surface area contributed by atoms with Crippen molar-refractivity contribution in [2.75, 3.05) is 0 Å². The zero-order chi connectivity index (χ0) is 27.1. The predicted molar refractivity (Wildman–Crippen MR) is 159 cm³/mol. The van der Waals surface area contributed by atoms with Gasteiger partial charge in [-0.2, -0.15) is 0 Å². The summed E-state index contributed by atoms with van der Waals surface area (Å²) in [6.07, 6.45) is 0. The quantitative estimate of drug-likeness (QED) is 0.179. The van der Waals surface area contributed by atoms with Gasteiger partial charge in [-0.3, -0.25) is 0 Å². The van der Waals surface area contributed by atoms with E-state index in [-0.39, 0.29) is 11.5 Å². The van der Waals surface area contributed by atoms with Crippen molar-refractivity contribution in [1.82, 2.24) is 4.98 Å². The van der Waals surface area contributed by atoms with Crippen LogP contribution in [0.1, 0.15) is 0 Å². The smallest absolute Gasteiger partial charge is 0.176 e. The Hall–Kier alpha value is -5.69. The molecule has 7 nitrogen and oxygen atoms in total. The van der Waals surface area contributed by atoms with E-state index in [4.69, 9.17) is 0 Å². The molecule has 0 atom stereocenters. The van der Waals surface area contributed by atoms with Gasteiger partial charge < -0.3 is 10.2 Å². The SMILES string of the molecule is Oc1c(N=Nc2cccc(N=Nc3c(O)c4ccccc4c4ccccc34)n2)c2ccccc2c2ccccc12. The van der Waals surface area contributed by atoms with Gasteiger partial charge in [0, 0.05) is 21.5 Å². The van der Waals surface area contributed by atoms with E-state index in [1.165, 1.54) is 0 Å². The molecule has 190 valence electrons. The van der Waals surface area contributed by atoms with Crippen molar-refractivity contribution in [3.8, 4) is 11.5 Å². The number of hydrogen-bond donors (Lipinski definition) is 2. The Morgan fingerprint density at radius 2 is 0.675 bits per heavy atom. The maximum atomic E-state index is 11.0. The van der Waals surface area contributed by atoms with E-state index in [2.05, 4.69) is 25.4 Å². The number of pyridine rings is 1. The van der Waals surface area contributed by atoms with Crippen LogP contribution in [0.2, 0.25) is 0 Å². The molecule has 0 fully saturated rings. The minimum Gasteiger partial charge on any atom is -0.505 e. The molecule has 0 bridgehead atoms. The van der Waals surface area contributed by atoms with Crippen LogP contribution in [-0.2, 0) is 0 Å². The summed E-state index contributed by atoms with van der Waals surface area (Å²) in [6, 6.07) is 36.0. The molecule has 0 amide bonds. The summed E-state index contributed by atoms with van der Waals surface area (Å²) in [7, 11) is 0. The second-order valence-corrected chi connectivity index (χ2v) is 9.33. The number of fused-ring (bicyclic) bond motifs is 6. The lowest BCUT2D eigenvalue weighted by Crippen LogP contribution is -1.81. The van der Waals surface area contributed by atoms with Crippen molar-refractivity contribution in [1.29, 1.82) is 0 Å². The van der Waals surface area contributed by atoms with Gasteiger partial charge in [0.2, 0.25) is 0 Å². The highest BCUT2D eigenvalue weighted by Crippen LogP contribution is 2.44. The van der Waals surface area contributed by atoms with Crippen LogP contribution in [0.15, 0.2) is 136 Å². The predicted octanol–water partition coefficient (Wildman–Crippen LogP) is 9.94. The molecule has 0 aliphatic carbocycles. The van der Waals surface area contributed by atoms with Crippen LogP contribution < -0.4 is 0 Å². The number of phenolic OH excluding ortho intramolecular Hbond substituents is 2. The average Bonchev–Trinajstić information content (AvgIpc) is 3.01. The fourth-order valence-electron chi connectivity index (χ4n) is 5.14. The van der Waals surface area contributed by atoms with Crippen molar-refractivity contribution in [3.05, 3.63) is 115 Å². The van der Waals surface area contributed by atoms with Gasteiger partial charge in [0.25, 0.3) is 0 Å². The molecule has 0 spiro atoms. The van der Waals surface area contributed by atoms with Gasteiger partial charge in [0.15, 0.2) is 23.1 Å². The number of hydrogen-bond acceptors (Lipinski definition) is 7. The second-order valence-electron chi connectivity index (χ2n) is 9.33. The van der Waals surface area contributed by atoms with E-state index in [1.807, 2.05) is 97.1 Å². The largest absolute Gasteiger partial charge is 0.505 e. The molecule has 2 N–H and O–H groups in total. The van der Waals surface area contributed by atoms with Crippen molar-refractivity contribution < 1.29 is 10.2 Å². The van der Waals surface area contributed by atoms with Crippen LogP contribution in [0.3, 0.4) is 0 Å². The molecule has 0 unspecified atom stereocenters. The van der Waals surface area contributed by atoms with Crippen molar-refractivity contribution in [2.24, 2.45) is 20.5 Å². The second kappa shape index (κ2) is 9.56. The van der Waals surface area contributed by atoms with Gasteiger partial charge in [0.1, 0.15) is 11.4 Å². The van der Waals surface area contributed by atoms with E-state index >= 15 is 0 Å². The van der Waals surface area contributed by atoms with Crippen LogP contribution in [0.25, 0.3) is 43.1 Å². The van der Waals surface area contributed by atoms with E-state index in [1.54, 1.807) is 18.2 Å². The summed E-state index contributed by atoms with van der Waals surface area (Å²) in [5.41, 5.74) is 0.742. The minimum absolute atomic E-state index is 0.0625. The van der Waals surface area contributed by atoms with Crippen LogP contribution in [-0.4, -0.2) is 15.2 Å². The highest BCUT2D eigenvalue weighted by Gasteiger charge is 2.14. The number of benzene rings is 6. The fraction of sp³-hybridized carbons (Fsp3) is 0. The van der Waals surface area contributed by atoms with E-state index in [0.717, 1.165) is 32.3 Å². The molecule has 0 aliphatic rings. The Kier molecular flexibility index (Phi) is 5.60. The molecule has 7 rings (SSSR count). The molecule has 1 heterocycles. The summed E-state index contributed by atoms with van der Waals surface area (Å²) < 4.78 is 0. The number of aromatic nitrogens is 1. The number of nitrogens with zero attached hydrogens (tertiary/aromatic N) is 5. The number of azo groups is 2. The first-order chi connectivity index (χ1) is 19.7. The molecule has 0 radical (unpaired) electrons. The molecule has 6 aromatic carbocycles. The van der Waals surface area contributed by atoms with E-state index in [0.29, 0.717) is 33.8 Å². The molecular weight excluding hydrogens is 498 g/mol. The van der Waals surface area contributed by atoms with Crippen molar-refractivity contribution >= 4 is 66.1 Å². The third-order valence-corrected chi connectivity index (χ3v) is 6.98. The van der Waals surface area contributed by atoms with Gasteiger partial charge in [-0.25, -0.2) is 4.98 Å². The first kappa shape index (κ1) is 23.4. The summed E-state index contributed by atoms with van der Waals surface area (Å²) in [5.74, 6) is 0.737. The van der Waals surface area contributed by atoms with Crippen molar-refractivity contribution in [3.63, 3.8) is 0 Å². The third kappa shape index (κ3) is 3.88. The molecule has 0 aliphatic heterocycles. The van der Waals surface area contributed by atoms with Crippen LogP contribution in [0.5, 0.6) is 11.5 Å². The van der Waals surface area contributed by atoms with Crippen molar-refractivity contribution in [2.45, 2.75) is 0 Å². The van der Waals surface area contributed by atoms with Crippen LogP contribution in [0.4, 0.5) is 23.0 Å². The highest BCUT2D eigenvalue weighted by atomic mass is 16.3. The van der Waals surface area contributed by atoms with Crippen LogP contribution >= 0.6 is 0 Å². The fourth-order valence-corrected chi connectivity index (χ4v) is 5.14. The van der Waals surface area contributed by atoms with Gasteiger partial charge in [-0.05, 0) is 33.7 Å². The molecule has 7 heteroatoms. The van der Waals surface area contributed by atoms with E-state index in [9.17, 15) is 10.2 Å². The summed E-state index contributed by atoms with van der Waals surface area (Å²) in [6.45, 7) is 0. The lowest BCUT2D eigenvalue weighted by atomic mass is 9.99. The Bertz CT molecular complexity index is 2000. The molecule has 0 saturated carbocycles. The Morgan fingerprint density at radius 1 is 0.350 bits per heavy atom. The maximum Gasteiger partial charge on any atom is 0.176 e. The van der Waals surface area contributed by atoms with Gasteiger partial charge in [-0.15, -0.1) is 20.5 Å². The Labute approximate surface area is 228 Å². The standard InChI is InChI=1S/C33H21N5O2/c39-32-26-16-7-3-12-22(26)20-10-1-5-14-24(20)30(32)37-35-28-18-9-19-29(34-28)36-38-31-25-15-6-2-11-21(25)23-13-4-8-17-27(23)33(31)40/h1-19,39-40H. The van der Waals surface area contributed by atoms with Gasteiger partial charge in [0.05, 0.1) is 0 Å². The maximum absolute atomic E-state index is 11.0. The van der Waals surface area contributed by atoms with E-state index < -0.39 is 0 Å². The van der Waals surface area contributed by atoms with Gasteiger partial charge in [-0.1, -0.05) is 103 Å². The topological polar surface area (TPSA) is 103 Å². The highest BCUT2D eigenvalue weighted by molar-refractivity contribution is 6.16. The number of phenols is 2. The first-order valence-electron chi connectivity index (χ1n) is 12.7. The van der Waals surface area contributed by atoms with Gasteiger partial charge >= 0.3 is 0 Å². The lowest BCUT2D eigenvalue weighted by Gasteiger charge is -2.09. The zero-order valence-electron chi connectivity index (χ0n) is 21.1. The average molecular weight is 520 g/mol. The molecular formula is C33H21N5O2. The Balaban J connectivity index is 1.28. The molecule has 7 aromatic rings. The van der Waals surface area contributed by atoms with Crippen LogP contribution in [0, 0.1) is 0 Å². The summed E-state index contributed by atoms with van der Waals surface area (Å²) in [5, 5.41) is 46.4. The molecule has 40 heavy (non-hydrogen) atoms. The molecule has 1 aromatic heterocycles. The minimum atomic E-state index is 0.0625. The zero-order valence-corrected chi connectivity index (χ0v) is 21.1. The first-order valence-corrected chi connectivity index (χ1v) is 12.7. The Morgan fingerprint density at radius 3 is 1.07 bits per heavy atom. The summed E-state index contributed by atoms with van der Waals surface area (Å²) in [4.78, 5) is 4.46. The normalized spacial score (nSPS) is 12.0. The lowest BCUT2D eigenvalue weighted by molar-refractivity contribution is 0.483. The third-order valence-electron chi connectivity index (χ3n) is 6.98. The monoisotopic (exact) mass is 519 g/mol. The molecule has 0 saturated heterocycles. The number of aromatic hydroxyl groups is 2. The summed E-state index contributed by atoms with van der Waals surface area (Å²) >= 11 is 0.